The van der Waals surface area contributed by atoms with Gasteiger partial charge >= 0.3 is 0 Å². The molecular formula is C15H18ClFO2S. The maximum absolute atomic E-state index is 12.4. The molecule has 1 unspecified atom stereocenters. The summed E-state index contributed by atoms with van der Waals surface area (Å²) in [6.07, 6.45) is 4.52. The third-order valence-electron chi connectivity index (χ3n) is 2.82. The van der Waals surface area contributed by atoms with Crippen LogP contribution in [0.3, 0.4) is 0 Å². The van der Waals surface area contributed by atoms with E-state index in [1.165, 1.54) is 29.2 Å². The molecule has 0 bridgehead atoms. The average Bonchev–Trinajstić information content (AvgIpc) is 2.39. The minimum Gasteiger partial charge on any atom is -0.508 e. The molecule has 0 saturated heterocycles. The zero-order valence-corrected chi connectivity index (χ0v) is 13.3. The second-order valence-electron chi connectivity index (χ2n) is 4.85. The number of halogens is 2. The fourth-order valence-electron chi connectivity index (χ4n) is 1.74. The van der Waals surface area contributed by atoms with Gasteiger partial charge in [0.1, 0.15) is 5.75 Å². The first-order valence-corrected chi connectivity index (χ1v) is 7.87. The van der Waals surface area contributed by atoms with Crippen molar-refractivity contribution in [3.63, 3.8) is 0 Å². The topological polar surface area (TPSA) is 29.5 Å². The van der Waals surface area contributed by atoms with E-state index in [1.807, 2.05) is 32.9 Å². The van der Waals surface area contributed by atoms with Crippen LogP contribution >= 0.6 is 21.7 Å². The Labute approximate surface area is 127 Å². The number of hydrogen-bond donors (Lipinski definition) is 1. The van der Waals surface area contributed by atoms with Crippen molar-refractivity contribution in [3.8, 4) is 11.5 Å². The summed E-state index contributed by atoms with van der Waals surface area (Å²) in [5.74, 6) is 0.388. The van der Waals surface area contributed by atoms with E-state index in [1.54, 1.807) is 0 Å². The predicted octanol–water partition coefficient (Wildman–Crippen LogP) is 5.57. The number of phenols is 1. The maximum atomic E-state index is 12.4. The van der Waals surface area contributed by atoms with E-state index in [0.29, 0.717) is 12.0 Å². The van der Waals surface area contributed by atoms with Crippen molar-refractivity contribution >= 4 is 21.7 Å². The Morgan fingerprint density at radius 1 is 1.50 bits per heavy atom. The third kappa shape index (κ3) is 5.10. The highest BCUT2D eigenvalue weighted by Gasteiger charge is 2.09. The molecule has 0 aliphatic heterocycles. The first kappa shape index (κ1) is 16.9. The molecule has 0 amide bonds. The summed E-state index contributed by atoms with van der Waals surface area (Å²) < 4.78 is 12.4. The number of allylic oxidation sites excluding steroid dienone is 3. The van der Waals surface area contributed by atoms with Crippen molar-refractivity contribution < 1.29 is 14.6 Å². The summed E-state index contributed by atoms with van der Waals surface area (Å²) in [5.41, 5.74) is 1.76. The largest absolute Gasteiger partial charge is 0.508 e. The second-order valence-corrected chi connectivity index (χ2v) is 5.91. The van der Waals surface area contributed by atoms with Gasteiger partial charge in [0.05, 0.1) is 0 Å². The Hall–Kier alpha value is -1.13. The number of hydrogen-bond acceptors (Lipinski definition) is 3. The summed E-state index contributed by atoms with van der Waals surface area (Å²) in [6.45, 7) is 5.98. The molecule has 1 aromatic rings. The summed E-state index contributed by atoms with van der Waals surface area (Å²) in [4.78, 5) is 4.81. The second kappa shape index (κ2) is 8.22. The van der Waals surface area contributed by atoms with Gasteiger partial charge in [-0.1, -0.05) is 24.6 Å². The molecule has 0 aromatic heterocycles. The Morgan fingerprint density at radius 2 is 2.20 bits per heavy atom. The van der Waals surface area contributed by atoms with Crippen molar-refractivity contribution in [3.05, 3.63) is 46.4 Å². The van der Waals surface area contributed by atoms with Gasteiger partial charge < -0.3 is 5.11 Å². The molecule has 20 heavy (non-hydrogen) atoms. The summed E-state index contributed by atoms with van der Waals surface area (Å²) in [5, 5.41) is 9.45. The summed E-state index contributed by atoms with van der Waals surface area (Å²) in [6, 6.07) is 4.32. The van der Waals surface area contributed by atoms with Gasteiger partial charge in [0.25, 0.3) is 0 Å². The molecule has 110 valence electrons. The van der Waals surface area contributed by atoms with Gasteiger partial charge in [-0.3, -0.25) is 4.94 Å². The normalized spacial score (nSPS) is 12.4. The van der Waals surface area contributed by atoms with Crippen molar-refractivity contribution in [1.82, 2.24) is 0 Å². The van der Waals surface area contributed by atoms with Crippen LogP contribution in [0, 0.1) is 5.92 Å². The van der Waals surface area contributed by atoms with Crippen LogP contribution in [-0.4, -0.2) is 5.11 Å². The summed E-state index contributed by atoms with van der Waals surface area (Å²) in [7, 11) is 6.96. The SMILES string of the molecule is CC(C)=C(/C=C\C(C)Cc1cc(O)ccc1OF)SCl. The quantitative estimate of drug-likeness (QED) is 0.695. The zero-order valence-electron chi connectivity index (χ0n) is 11.7. The van der Waals surface area contributed by atoms with Gasteiger partial charge in [-0.2, -0.15) is 0 Å². The molecule has 1 N–H and O–H groups in total. The Balaban J connectivity index is 2.81. The van der Waals surface area contributed by atoms with Gasteiger partial charge in [-0.15, -0.1) is 0 Å². The Bertz CT molecular complexity index is 511. The zero-order chi connectivity index (χ0) is 15.1. The molecule has 0 saturated carbocycles. The molecule has 0 aliphatic rings. The Morgan fingerprint density at radius 3 is 2.75 bits per heavy atom. The third-order valence-corrected chi connectivity index (χ3v) is 4.03. The average molecular weight is 317 g/mol. The highest BCUT2D eigenvalue weighted by molar-refractivity contribution is 8.24. The number of aromatic hydroxyl groups is 1. The van der Waals surface area contributed by atoms with E-state index in [-0.39, 0.29) is 17.4 Å². The van der Waals surface area contributed by atoms with Crippen LogP contribution in [0.1, 0.15) is 26.3 Å². The fraction of sp³-hybridized carbons (Fsp3) is 0.333. The fourth-order valence-corrected chi connectivity index (χ4v) is 2.64. The molecule has 0 spiro atoms. The lowest BCUT2D eigenvalue weighted by Gasteiger charge is -2.10. The van der Waals surface area contributed by atoms with Crippen LogP contribution in [0.25, 0.3) is 0 Å². The molecule has 0 radical (unpaired) electrons. The summed E-state index contributed by atoms with van der Waals surface area (Å²) >= 11 is 0. The maximum Gasteiger partial charge on any atom is 0.175 e. The van der Waals surface area contributed by atoms with Crippen LogP contribution < -0.4 is 4.94 Å². The lowest BCUT2D eigenvalue weighted by Crippen LogP contribution is -1.98. The number of rotatable bonds is 6. The highest BCUT2D eigenvalue weighted by Crippen LogP contribution is 2.28. The lowest BCUT2D eigenvalue weighted by molar-refractivity contribution is -0.00749. The van der Waals surface area contributed by atoms with E-state index in [0.717, 1.165) is 10.5 Å². The van der Waals surface area contributed by atoms with E-state index in [4.69, 9.17) is 10.7 Å². The molecular weight excluding hydrogens is 299 g/mol. The van der Waals surface area contributed by atoms with Gasteiger partial charge in [0, 0.05) is 15.0 Å². The first-order valence-electron chi connectivity index (χ1n) is 6.22. The molecule has 0 aliphatic carbocycles. The smallest absolute Gasteiger partial charge is 0.175 e. The van der Waals surface area contributed by atoms with Crippen LogP contribution in [0.15, 0.2) is 40.8 Å². The van der Waals surface area contributed by atoms with E-state index < -0.39 is 0 Å². The lowest BCUT2D eigenvalue weighted by atomic mass is 9.99. The van der Waals surface area contributed by atoms with Gasteiger partial charge in [-0.05, 0) is 66.0 Å². The molecule has 2 nitrogen and oxygen atoms in total. The van der Waals surface area contributed by atoms with Crippen molar-refractivity contribution in [1.29, 1.82) is 0 Å². The van der Waals surface area contributed by atoms with E-state index >= 15 is 0 Å². The van der Waals surface area contributed by atoms with E-state index in [2.05, 4.69) is 4.94 Å². The van der Waals surface area contributed by atoms with Crippen molar-refractivity contribution in [2.75, 3.05) is 0 Å². The van der Waals surface area contributed by atoms with Crippen molar-refractivity contribution in [2.45, 2.75) is 27.2 Å². The van der Waals surface area contributed by atoms with Crippen molar-refractivity contribution in [2.24, 2.45) is 5.92 Å². The first-order chi connectivity index (χ1) is 9.47. The number of benzene rings is 1. The standard InChI is InChI=1S/C15H18ClFO2S/c1-10(2)15(20-16)7-4-11(3)8-12-9-13(18)5-6-14(12)19-17/h4-7,9,11,18H,8H2,1-3H3/b7-4-. The van der Waals surface area contributed by atoms with Gasteiger partial charge in [0.2, 0.25) is 0 Å². The molecule has 1 aromatic carbocycles. The minimum atomic E-state index is 0.0956. The monoisotopic (exact) mass is 316 g/mol. The van der Waals surface area contributed by atoms with E-state index in [9.17, 15) is 9.63 Å². The minimum absolute atomic E-state index is 0.0956. The van der Waals surface area contributed by atoms with Crippen LogP contribution in [0.4, 0.5) is 4.53 Å². The molecule has 1 rings (SSSR count). The van der Waals surface area contributed by atoms with Gasteiger partial charge in [-0.25, -0.2) is 0 Å². The van der Waals surface area contributed by atoms with Crippen LogP contribution in [-0.2, 0) is 6.42 Å². The van der Waals surface area contributed by atoms with Crippen LogP contribution in [0.5, 0.6) is 11.5 Å². The Kier molecular flexibility index (Phi) is 6.96. The molecule has 1 atom stereocenters. The van der Waals surface area contributed by atoms with Gasteiger partial charge in [0.15, 0.2) is 5.75 Å². The molecule has 0 fully saturated rings. The molecule has 0 heterocycles. The predicted molar refractivity (Wildman–Crippen MR) is 83.7 cm³/mol. The highest BCUT2D eigenvalue weighted by atomic mass is 35.7. The number of phenolic OH excluding ortho intramolecular Hbond substituents is 1. The van der Waals surface area contributed by atoms with Crippen LogP contribution in [0.2, 0.25) is 0 Å². The molecule has 5 heteroatoms.